The molecule has 250 valence electrons. The second kappa shape index (κ2) is 14.9. The van der Waals surface area contributed by atoms with Crippen LogP contribution in [0.3, 0.4) is 0 Å². The second-order valence-electron chi connectivity index (χ2n) is 11.8. The fourth-order valence-electron chi connectivity index (χ4n) is 5.99. The number of halogens is 3. The molecule has 1 atom stereocenters. The quantitative estimate of drug-likeness (QED) is 0.154. The highest BCUT2D eigenvalue weighted by atomic mass is 35.5. The molecule has 2 aliphatic rings. The minimum atomic E-state index is -0.496. The summed E-state index contributed by atoms with van der Waals surface area (Å²) in [5, 5.41) is 10.2. The van der Waals surface area contributed by atoms with Crippen molar-refractivity contribution in [3.05, 3.63) is 87.8 Å². The molecule has 0 unspecified atom stereocenters. The Bertz CT molecular complexity index is 1840. The third-order valence-corrected chi connectivity index (χ3v) is 9.41. The van der Waals surface area contributed by atoms with Gasteiger partial charge in [0.05, 0.1) is 41.6 Å². The molecule has 2 saturated heterocycles. The number of nitrogens with one attached hydrogen (secondary N) is 3. The van der Waals surface area contributed by atoms with Crippen molar-refractivity contribution in [3.8, 4) is 28.3 Å². The van der Waals surface area contributed by atoms with Gasteiger partial charge in [-0.1, -0.05) is 59.6 Å². The molecule has 4 aromatic rings. The average molecular weight is 694 g/mol. The molecule has 48 heavy (non-hydrogen) atoms. The van der Waals surface area contributed by atoms with Gasteiger partial charge in [-0.05, 0) is 24.6 Å². The van der Waals surface area contributed by atoms with E-state index in [-0.39, 0.29) is 29.7 Å². The molecule has 2 fully saturated rings. The molecule has 13 heteroatoms. The number of carbonyl (C=O) groups excluding carboxylic acids is 2. The third-order valence-electron chi connectivity index (χ3n) is 8.60. The number of esters is 1. The molecule has 0 saturated carbocycles. The SMILES string of the molecule is COC(=O)C1CN(Cc2ccnc(Nc3cccc(-c4cccc(-c5ccc(CNC[C@@H]6CCC(=O)N6)c(OC)n5)c4Cl)c3Cl)c2F)C1. The summed E-state index contributed by atoms with van der Waals surface area (Å²) < 4.78 is 26.0. The number of methoxy groups -OCH3 is 2. The van der Waals surface area contributed by atoms with Crippen LogP contribution in [0.5, 0.6) is 5.88 Å². The van der Waals surface area contributed by atoms with Crippen LogP contribution in [0.4, 0.5) is 15.9 Å². The van der Waals surface area contributed by atoms with Gasteiger partial charge in [-0.15, -0.1) is 0 Å². The molecule has 0 radical (unpaired) electrons. The van der Waals surface area contributed by atoms with Crippen LogP contribution in [-0.4, -0.2) is 66.6 Å². The van der Waals surface area contributed by atoms with Gasteiger partial charge in [-0.3, -0.25) is 14.5 Å². The summed E-state index contributed by atoms with van der Waals surface area (Å²) in [5.41, 5.74) is 4.42. The number of rotatable bonds is 12. The number of nitrogens with zero attached hydrogens (tertiary/aromatic N) is 3. The highest BCUT2D eigenvalue weighted by Gasteiger charge is 2.34. The number of hydrogen-bond donors (Lipinski definition) is 3. The molecule has 2 aliphatic heterocycles. The number of likely N-dealkylation sites (tertiary alicyclic amines) is 1. The van der Waals surface area contributed by atoms with E-state index < -0.39 is 5.82 Å². The molecule has 1 amide bonds. The van der Waals surface area contributed by atoms with Gasteiger partial charge in [0.1, 0.15) is 0 Å². The lowest BCUT2D eigenvalue weighted by Gasteiger charge is -2.37. The summed E-state index contributed by atoms with van der Waals surface area (Å²) in [6, 6.07) is 16.6. The van der Waals surface area contributed by atoms with Crippen molar-refractivity contribution in [1.82, 2.24) is 25.5 Å². The lowest BCUT2D eigenvalue weighted by molar-refractivity contribution is -0.151. The van der Waals surface area contributed by atoms with Gasteiger partial charge in [-0.2, -0.15) is 0 Å². The molecule has 3 N–H and O–H groups in total. The zero-order valence-electron chi connectivity index (χ0n) is 26.5. The first-order valence-electron chi connectivity index (χ1n) is 15.6. The Hall–Kier alpha value is -4.29. The van der Waals surface area contributed by atoms with E-state index in [1.54, 1.807) is 25.3 Å². The lowest BCUT2D eigenvalue weighted by Crippen LogP contribution is -2.50. The fraction of sp³-hybridized carbons (Fsp3) is 0.314. The highest BCUT2D eigenvalue weighted by molar-refractivity contribution is 6.39. The van der Waals surface area contributed by atoms with Crippen LogP contribution >= 0.6 is 23.2 Å². The smallest absolute Gasteiger partial charge is 0.311 e. The van der Waals surface area contributed by atoms with Gasteiger partial charge in [-0.25, -0.2) is 14.4 Å². The first-order chi connectivity index (χ1) is 23.2. The monoisotopic (exact) mass is 692 g/mol. The Balaban J connectivity index is 1.18. The molecule has 10 nitrogen and oxygen atoms in total. The Kier molecular flexibility index (Phi) is 10.4. The van der Waals surface area contributed by atoms with Gasteiger partial charge in [0.2, 0.25) is 11.8 Å². The maximum absolute atomic E-state index is 15.6. The van der Waals surface area contributed by atoms with E-state index in [9.17, 15) is 9.59 Å². The second-order valence-corrected chi connectivity index (χ2v) is 12.6. The number of ether oxygens (including phenoxy) is 2. The Morgan fingerprint density at radius 3 is 2.50 bits per heavy atom. The predicted molar refractivity (Wildman–Crippen MR) is 183 cm³/mol. The molecule has 6 rings (SSSR count). The maximum Gasteiger partial charge on any atom is 0.311 e. The Morgan fingerprint density at radius 1 is 1.02 bits per heavy atom. The van der Waals surface area contributed by atoms with E-state index in [2.05, 4.69) is 20.9 Å². The van der Waals surface area contributed by atoms with Gasteiger partial charge >= 0.3 is 5.97 Å². The highest BCUT2D eigenvalue weighted by Crippen LogP contribution is 2.42. The standard InChI is InChI=1S/C35H35Cl2FN6O4/c1-47-34-20(15-39-16-23-10-12-29(45)41-23)9-11-27(43-34)26-7-3-5-24(30(26)36)25-6-4-8-28(31(25)37)42-33-32(38)21(13-14-40-33)17-44-18-22(19-44)35(46)48-2/h3-9,11,13-14,22-23,39H,10,12,15-19H2,1-2H3,(H,40,42)(H,41,45)/t23-/m0/s1. The number of hydrogen-bond acceptors (Lipinski definition) is 9. The minimum absolute atomic E-state index is 0.0373. The summed E-state index contributed by atoms with van der Waals surface area (Å²) in [4.78, 5) is 34.1. The van der Waals surface area contributed by atoms with E-state index in [0.29, 0.717) is 88.7 Å². The summed E-state index contributed by atoms with van der Waals surface area (Å²) in [6.07, 6.45) is 2.91. The van der Waals surface area contributed by atoms with Crippen molar-refractivity contribution >= 4 is 46.6 Å². The number of anilines is 2. The van der Waals surface area contributed by atoms with E-state index in [1.165, 1.54) is 13.3 Å². The van der Waals surface area contributed by atoms with Gasteiger partial charge in [0, 0.05) is 79.2 Å². The number of amides is 1. The molecule has 2 aromatic heterocycles. The first-order valence-corrected chi connectivity index (χ1v) is 16.3. The molecular weight excluding hydrogens is 658 g/mol. The number of benzene rings is 2. The van der Waals surface area contributed by atoms with Crippen molar-refractivity contribution in [2.45, 2.75) is 32.0 Å². The third kappa shape index (κ3) is 7.24. The van der Waals surface area contributed by atoms with Crippen molar-refractivity contribution < 1.29 is 23.5 Å². The lowest BCUT2D eigenvalue weighted by atomic mass is 9.99. The first kappa shape index (κ1) is 33.6. The van der Waals surface area contributed by atoms with Crippen LogP contribution in [0.25, 0.3) is 22.4 Å². The summed E-state index contributed by atoms with van der Waals surface area (Å²) >= 11 is 13.9. The molecular formula is C35H35Cl2FN6O4. The van der Waals surface area contributed by atoms with Gasteiger partial charge < -0.3 is 25.4 Å². The number of pyridine rings is 2. The van der Waals surface area contributed by atoms with Crippen LogP contribution in [0, 0.1) is 11.7 Å². The summed E-state index contributed by atoms with van der Waals surface area (Å²) in [6.45, 7) is 2.54. The topological polar surface area (TPSA) is 118 Å². The zero-order valence-corrected chi connectivity index (χ0v) is 28.0. The van der Waals surface area contributed by atoms with Crippen LogP contribution in [0.15, 0.2) is 60.8 Å². The maximum atomic E-state index is 15.6. The summed E-state index contributed by atoms with van der Waals surface area (Å²) in [5.74, 6) is -0.353. The normalized spacial score (nSPS) is 16.4. The molecule has 2 aromatic carbocycles. The van der Waals surface area contributed by atoms with Gasteiger partial charge in [0.25, 0.3) is 0 Å². The van der Waals surface area contributed by atoms with Crippen molar-refractivity contribution in [2.24, 2.45) is 5.92 Å². The van der Waals surface area contributed by atoms with Crippen LogP contribution in [0.1, 0.15) is 24.0 Å². The number of carbonyl (C=O) groups is 2. The molecule has 0 aliphatic carbocycles. The van der Waals surface area contributed by atoms with Gasteiger partial charge in [0.15, 0.2) is 11.6 Å². The fourth-order valence-corrected chi connectivity index (χ4v) is 6.59. The predicted octanol–water partition coefficient (Wildman–Crippen LogP) is 5.98. The van der Waals surface area contributed by atoms with Crippen LogP contribution < -0.4 is 20.7 Å². The largest absolute Gasteiger partial charge is 0.481 e. The van der Waals surface area contributed by atoms with E-state index in [4.69, 9.17) is 37.7 Å². The van der Waals surface area contributed by atoms with Crippen molar-refractivity contribution in [3.63, 3.8) is 0 Å². The van der Waals surface area contributed by atoms with E-state index >= 15 is 4.39 Å². The Labute approximate surface area is 288 Å². The van der Waals surface area contributed by atoms with Crippen molar-refractivity contribution in [1.29, 1.82) is 0 Å². The average Bonchev–Trinajstić information content (AvgIpc) is 3.49. The van der Waals surface area contributed by atoms with Crippen molar-refractivity contribution in [2.75, 3.05) is 39.2 Å². The van der Waals surface area contributed by atoms with E-state index in [0.717, 1.165) is 12.0 Å². The van der Waals surface area contributed by atoms with Crippen LogP contribution in [-0.2, 0) is 27.4 Å². The molecule has 4 heterocycles. The summed E-state index contributed by atoms with van der Waals surface area (Å²) in [7, 11) is 2.94. The molecule has 0 spiro atoms. The number of aromatic nitrogens is 2. The van der Waals surface area contributed by atoms with E-state index in [1.807, 2.05) is 41.3 Å². The Morgan fingerprint density at radius 2 is 1.77 bits per heavy atom. The van der Waals surface area contributed by atoms with Crippen LogP contribution in [0.2, 0.25) is 10.0 Å². The molecule has 0 bridgehead atoms. The minimum Gasteiger partial charge on any atom is -0.481 e. The zero-order chi connectivity index (χ0) is 33.8.